The monoisotopic (exact) mass is 499 g/mol. The summed E-state index contributed by atoms with van der Waals surface area (Å²) >= 11 is 6.14. The maximum Gasteiger partial charge on any atom is 0.163 e. The van der Waals surface area contributed by atoms with Crippen LogP contribution in [0.4, 0.5) is 17.3 Å². The van der Waals surface area contributed by atoms with Gasteiger partial charge in [-0.05, 0) is 48.4 Å². The summed E-state index contributed by atoms with van der Waals surface area (Å²) in [7, 11) is 1.67. The molecule has 5 rings (SSSR count). The van der Waals surface area contributed by atoms with Gasteiger partial charge in [0.25, 0.3) is 0 Å². The number of nitrogens with zero attached hydrogens (tertiary/aromatic N) is 4. The first-order chi connectivity index (χ1) is 17.7. The molecule has 1 aliphatic rings. The van der Waals surface area contributed by atoms with Gasteiger partial charge in [0, 0.05) is 55.1 Å². The summed E-state index contributed by atoms with van der Waals surface area (Å²) in [5.74, 6) is 3.25. The van der Waals surface area contributed by atoms with Crippen molar-refractivity contribution < 1.29 is 4.74 Å². The minimum absolute atomic E-state index is 0.715. The van der Waals surface area contributed by atoms with Crippen LogP contribution < -0.4 is 15.0 Å². The molecule has 1 fully saturated rings. The Labute approximate surface area is 217 Å². The fourth-order valence-electron chi connectivity index (χ4n) is 4.38. The van der Waals surface area contributed by atoms with Crippen LogP contribution in [0.5, 0.6) is 5.75 Å². The number of hydrogen-bond acceptors (Lipinski definition) is 6. The number of halogens is 1. The van der Waals surface area contributed by atoms with Crippen molar-refractivity contribution in [2.45, 2.75) is 6.42 Å². The zero-order valence-corrected chi connectivity index (χ0v) is 21.2. The van der Waals surface area contributed by atoms with Crippen LogP contribution in [0.2, 0.25) is 5.02 Å². The van der Waals surface area contributed by atoms with Crippen LogP contribution in [-0.4, -0.2) is 54.7 Å². The Morgan fingerprint density at radius 1 is 0.861 bits per heavy atom. The standard InChI is InChI=1S/C29H30ClN5O/c1-36-26-12-10-25(11-13-26)31-27-21-28(33-29(32-27)23-7-3-2-4-8-23)35-18-16-34(17-19-35)15-14-22-6-5-9-24(30)20-22/h2-13,20-21H,14-19H2,1H3,(H,31,32,33). The fourth-order valence-corrected chi connectivity index (χ4v) is 4.59. The molecule has 1 saturated heterocycles. The third kappa shape index (κ3) is 6.14. The summed E-state index contributed by atoms with van der Waals surface area (Å²) in [5.41, 5.74) is 3.23. The number of benzene rings is 3. The van der Waals surface area contributed by atoms with Crippen molar-refractivity contribution in [3.05, 3.63) is 95.5 Å². The van der Waals surface area contributed by atoms with Crippen molar-refractivity contribution in [1.82, 2.24) is 14.9 Å². The van der Waals surface area contributed by atoms with Crippen LogP contribution in [0.25, 0.3) is 11.4 Å². The van der Waals surface area contributed by atoms with Gasteiger partial charge in [-0.1, -0.05) is 54.1 Å². The molecule has 0 radical (unpaired) electrons. The van der Waals surface area contributed by atoms with E-state index in [9.17, 15) is 0 Å². The molecule has 7 heteroatoms. The number of aromatic nitrogens is 2. The van der Waals surface area contributed by atoms with Crippen LogP contribution in [0, 0.1) is 0 Å². The average Bonchev–Trinajstić information content (AvgIpc) is 2.93. The van der Waals surface area contributed by atoms with E-state index in [1.54, 1.807) is 7.11 Å². The molecular formula is C29H30ClN5O. The Morgan fingerprint density at radius 3 is 2.36 bits per heavy atom. The van der Waals surface area contributed by atoms with Crippen molar-refractivity contribution >= 4 is 28.9 Å². The van der Waals surface area contributed by atoms with Gasteiger partial charge in [0.2, 0.25) is 0 Å². The number of piperazine rings is 1. The highest BCUT2D eigenvalue weighted by atomic mass is 35.5. The van der Waals surface area contributed by atoms with Crippen molar-refractivity contribution in [1.29, 1.82) is 0 Å². The lowest BCUT2D eigenvalue weighted by Crippen LogP contribution is -2.47. The molecule has 0 spiro atoms. The minimum Gasteiger partial charge on any atom is -0.497 e. The van der Waals surface area contributed by atoms with Crippen LogP contribution in [-0.2, 0) is 6.42 Å². The highest BCUT2D eigenvalue weighted by molar-refractivity contribution is 6.30. The zero-order chi connectivity index (χ0) is 24.7. The molecule has 1 aliphatic heterocycles. The Balaban J connectivity index is 1.30. The molecule has 0 bridgehead atoms. The second-order valence-electron chi connectivity index (χ2n) is 8.86. The van der Waals surface area contributed by atoms with E-state index in [2.05, 4.69) is 27.2 Å². The largest absolute Gasteiger partial charge is 0.497 e. The first-order valence-corrected chi connectivity index (χ1v) is 12.6. The number of nitrogens with one attached hydrogen (secondary N) is 1. The lowest BCUT2D eigenvalue weighted by atomic mass is 10.1. The van der Waals surface area contributed by atoms with Gasteiger partial charge >= 0.3 is 0 Å². The minimum atomic E-state index is 0.715. The highest BCUT2D eigenvalue weighted by Gasteiger charge is 2.20. The zero-order valence-electron chi connectivity index (χ0n) is 20.4. The summed E-state index contributed by atoms with van der Waals surface area (Å²) in [5, 5.41) is 4.24. The van der Waals surface area contributed by atoms with Crippen LogP contribution >= 0.6 is 11.6 Å². The van der Waals surface area contributed by atoms with Crippen molar-refractivity contribution in [3.63, 3.8) is 0 Å². The van der Waals surface area contributed by atoms with E-state index >= 15 is 0 Å². The molecule has 3 aromatic carbocycles. The molecule has 6 nitrogen and oxygen atoms in total. The molecule has 1 N–H and O–H groups in total. The Morgan fingerprint density at radius 2 is 1.64 bits per heavy atom. The van der Waals surface area contributed by atoms with E-state index in [1.165, 1.54) is 5.56 Å². The first kappa shape index (κ1) is 24.1. The Hall–Kier alpha value is -3.61. The summed E-state index contributed by atoms with van der Waals surface area (Å²) < 4.78 is 5.28. The van der Waals surface area contributed by atoms with E-state index in [4.69, 9.17) is 26.3 Å². The predicted molar refractivity (Wildman–Crippen MR) is 148 cm³/mol. The number of hydrogen-bond donors (Lipinski definition) is 1. The maximum absolute atomic E-state index is 6.14. The van der Waals surface area contributed by atoms with Crippen molar-refractivity contribution in [3.8, 4) is 17.1 Å². The lowest BCUT2D eigenvalue weighted by molar-refractivity contribution is 0.260. The third-order valence-corrected chi connectivity index (χ3v) is 6.64. The molecule has 184 valence electrons. The van der Waals surface area contributed by atoms with E-state index in [0.717, 1.165) is 72.8 Å². The van der Waals surface area contributed by atoms with Gasteiger partial charge in [-0.25, -0.2) is 9.97 Å². The Kier molecular flexibility index (Phi) is 7.64. The van der Waals surface area contributed by atoms with Crippen molar-refractivity contribution in [2.24, 2.45) is 0 Å². The van der Waals surface area contributed by atoms with Gasteiger partial charge < -0.3 is 15.0 Å². The van der Waals surface area contributed by atoms with Crippen LogP contribution in [0.3, 0.4) is 0 Å². The predicted octanol–water partition coefficient (Wildman–Crippen LogP) is 5.91. The fraction of sp³-hybridized carbons (Fsp3) is 0.241. The summed E-state index contributed by atoms with van der Waals surface area (Å²) in [6.07, 6.45) is 1.00. The van der Waals surface area contributed by atoms with Gasteiger partial charge in [0.15, 0.2) is 5.82 Å². The van der Waals surface area contributed by atoms with E-state index in [0.29, 0.717) is 5.82 Å². The summed E-state index contributed by atoms with van der Waals surface area (Å²) in [6.45, 7) is 4.85. The normalized spacial score (nSPS) is 14.0. The van der Waals surface area contributed by atoms with Crippen LogP contribution in [0.15, 0.2) is 84.9 Å². The molecule has 0 unspecified atom stereocenters. The van der Waals surface area contributed by atoms with E-state index < -0.39 is 0 Å². The van der Waals surface area contributed by atoms with Crippen LogP contribution in [0.1, 0.15) is 5.56 Å². The molecule has 1 aromatic heterocycles. The highest BCUT2D eigenvalue weighted by Crippen LogP contribution is 2.26. The van der Waals surface area contributed by atoms with Gasteiger partial charge in [-0.2, -0.15) is 0 Å². The number of ether oxygens (including phenoxy) is 1. The second-order valence-corrected chi connectivity index (χ2v) is 9.30. The SMILES string of the molecule is COc1ccc(Nc2cc(N3CCN(CCc4cccc(Cl)c4)CC3)nc(-c3ccccc3)n2)cc1. The van der Waals surface area contributed by atoms with Gasteiger partial charge in [-0.15, -0.1) is 0 Å². The maximum atomic E-state index is 6.14. The van der Waals surface area contributed by atoms with E-state index in [-0.39, 0.29) is 0 Å². The first-order valence-electron chi connectivity index (χ1n) is 12.2. The topological polar surface area (TPSA) is 53.5 Å². The molecular weight excluding hydrogens is 470 g/mol. The quantitative estimate of drug-likeness (QED) is 0.325. The van der Waals surface area contributed by atoms with E-state index in [1.807, 2.05) is 72.8 Å². The molecule has 0 aliphatic carbocycles. The number of anilines is 3. The molecule has 4 aromatic rings. The molecule has 0 atom stereocenters. The number of methoxy groups -OCH3 is 1. The van der Waals surface area contributed by atoms with Gasteiger partial charge in [-0.3, -0.25) is 4.90 Å². The average molecular weight is 500 g/mol. The van der Waals surface area contributed by atoms with Crippen molar-refractivity contribution in [2.75, 3.05) is 50.1 Å². The molecule has 36 heavy (non-hydrogen) atoms. The molecule has 0 saturated carbocycles. The second kappa shape index (κ2) is 11.4. The summed E-state index contributed by atoms with van der Waals surface area (Å²) in [4.78, 5) is 14.6. The smallest absolute Gasteiger partial charge is 0.163 e. The third-order valence-electron chi connectivity index (χ3n) is 6.41. The van der Waals surface area contributed by atoms with Gasteiger partial charge in [0.05, 0.1) is 7.11 Å². The van der Waals surface area contributed by atoms with Gasteiger partial charge in [0.1, 0.15) is 17.4 Å². The summed E-state index contributed by atoms with van der Waals surface area (Å²) in [6, 6.07) is 28.2. The molecule has 2 heterocycles. The molecule has 0 amide bonds. The Bertz CT molecular complexity index is 1270. The number of rotatable bonds is 8. The lowest BCUT2D eigenvalue weighted by Gasteiger charge is -2.35.